The van der Waals surface area contributed by atoms with Crippen LogP contribution in [0.25, 0.3) is 10.2 Å². The molecule has 1 fully saturated rings. The second kappa shape index (κ2) is 9.21. The lowest BCUT2D eigenvalue weighted by Gasteiger charge is -2.25. The van der Waals surface area contributed by atoms with Gasteiger partial charge < -0.3 is 14.1 Å². The minimum Gasteiger partial charge on any atom is -0.447 e. The molecule has 1 aliphatic heterocycles. The second-order valence-corrected chi connectivity index (χ2v) is 9.84. The first-order chi connectivity index (χ1) is 15.7. The summed E-state index contributed by atoms with van der Waals surface area (Å²) in [4.78, 5) is 38.9. The van der Waals surface area contributed by atoms with Gasteiger partial charge in [0.25, 0.3) is 11.5 Å². The molecule has 8 nitrogen and oxygen atoms in total. The molecule has 0 atom stereocenters. The van der Waals surface area contributed by atoms with E-state index >= 15 is 0 Å². The molecule has 1 saturated heterocycles. The van der Waals surface area contributed by atoms with Crippen LogP contribution in [0.15, 0.2) is 33.3 Å². The first kappa shape index (κ1) is 21.4. The topological polar surface area (TPSA) is 90.5 Å². The molecule has 0 spiro atoms. The molecule has 0 unspecified atom stereocenters. The summed E-state index contributed by atoms with van der Waals surface area (Å²) < 4.78 is 12.5. The van der Waals surface area contributed by atoms with Crippen LogP contribution in [0, 0.1) is 0 Å². The van der Waals surface area contributed by atoms with Crippen LogP contribution in [0.2, 0.25) is 0 Å². The number of allylic oxidation sites excluding steroid dienone is 1. The Bertz CT molecular complexity index is 1220. The zero-order chi connectivity index (χ0) is 22.1. The average molecular weight is 473 g/mol. The summed E-state index contributed by atoms with van der Waals surface area (Å²) in [7, 11) is 0. The van der Waals surface area contributed by atoms with E-state index < -0.39 is 0 Å². The molecule has 3 aromatic heterocycles. The van der Waals surface area contributed by atoms with Crippen LogP contribution >= 0.6 is 23.1 Å². The molecule has 0 bridgehead atoms. The Morgan fingerprint density at radius 3 is 2.88 bits per heavy atom. The smallest absolute Gasteiger partial charge is 0.275 e. The summed E-state index contributed by atoms with van der Waals surface area (Å²) in [6, 6.07) is 0. The Kier molecular flexibility index (Phi) is 6.16. The van der Waals surface area contributed by atoms with Gasteiger partial charge in [-0.05, 0) is 31.2 Å². The van der Waals surface area contributed by atoms with Crippen molar-refractivity contribution in [3.05, 3.63) is 51.3 Å². The number of morpholine rings is 1. The minimum absolute atomic E-state index is 0.00705. The van der Waals surface area contributed by atoms with Gasteiger partial charge in [-0.3, -0.25) is 14.2 Å². The van der Waals surface area contributed by atoms with E-state index in [1.165, 1.54) is 28.5 Å². The quantitative estimate of drug-likeness (QED) is 0.309. The van der Waals surface area contributed by atoms with Gasteiger partial charge in [0.05, 0.1) is 24.4 Å². The van der Waals surface area contributed by atoms with Crippen LogP contribution in [0.3, 0.4) is 0 Å². The lowest BCUT2D eigenvalue weighted by atomic mass is 9.97. The van der Waals surface area contributed by atoms with E-state index in [1.807, 2.05) is 0 Å². The molecule has 0 radical (unpaired) electrons. The largest absolute Gasteiger partial charge is 0.447 e. The Hall–Kier alpha value is -2.43. The van der Waals surface area contributed by atoms with Crippen molar-refractivity contribution in [1.82, 2.24) is 19.4 Å². The molecule has 1 aliphatic carbocycles. The number of carbonyl (C=O) groups is 1. The van der Waals surface area contributed by atoms with E-state index in [2.05, 4.69) is 11.6 Å². The van der Waals surface area contributed by atoms with Crippen molar-refractivity contribution < 1.29 is 13.9 Å². The molecule has 1 amide bonds. The van der Waals surface area contributed by atoms with E-state index in [0.717, 1.165) is 35.9 Å². The Balaban J connectivity index is 1.39. The van der Waals surface area contributed by atoms with Gasteiger partial charge in [0.2, 0.25) is 5.89 Å². The van der Waals surface area contributed by atoms with E-state index in [1.54, 1.807) is 26.9 Å². The van der Waals surface area contributed by atoms with Crippen molar-refractivity contribution in [2.24, 2.45) is 0 Å². The number of hydrogen-bond acceptors (Lipinski definition) is 8. The van der Waals surface area contributed by atoms with Crippen molar-refractivity contribution >= 4 is 39.2 Å². The number of rotatable bonds is 6. The van der Waals surface area contributed by atoms with Gasteiger partial charge in [0.15, 0.2) is 10.9 Å². The molecule has 4 heterocycles. The highest BCUT2D eigenvalue weighted by atomic mass is 32.2. The molecule has 10 heteroatoms. The number of thiophene rings is 1. The molecule has 0 aromatic carbocycles. The monoisotopic (exact) mass is 472 g/mol. The standard InChI is InChI=1S/C22H24N4O4S2/c1-2-7-26-21(28)18-14-5-3-4-6-16(14)32-19(18)24-22(26)31-13-17-23-15(12-30-17)20(27)25-8-10-29-11-9-25/h2,12H,1,3-11,13H2. The Morgan fingerprint density at radius 1 is 1.25 bits per heavy atom. The van der Waals surface area contributed by atoms with Crippen LogP contribution in [0.5, 0.6) is 0 Å². The van der Waals surface area contributed by atoms with Gasteiger partial charge in [0, 0.05) is 24.5 Å². The zero-order valence-corrected chi connectivity index (χ0v) is 19.3. The summed E-state index contributed by atoms with van der Waals surface area (Å²) in [5.74, 6) is 0.647. The number of aryl methyl sites for hydroxylation is 2. The molecular weight excluding hydrogens is 448 g/mol. The molecule has 3 aromatic rings. The number of ether oxygens (including phenoxy) is 1. The maximum Gasteiger partial charge on any atom is 0.275 e. The number of oxazole rings is 1. The third-order valence-corrected chi connectivity index (χ3v) is 7.89. The molecule has 32 heavy (non-hydrogen) atoms. The molecule has 2 aliphatic rings. The van der Waals surface area contributed by atoms with Gasteiger partial charge in [-0.15, -0.1) is 17.9 Å². The van der Waals surface area contributed by atoms with Crippen LogP contribution in [-0.2, 0) is 29.9 Å². The maximum absolute atomic E-state index is 13.3. The van der Waals surface area contributed by atoms with Gasteiger partial charge >= 0.3 is 0 Å². The number of aromatic nitrogens is 3. The molecule has 0 saturated carbocycles. The third kappa shape index (κ3) is 4.02. The van der Waals surface area contributed by atoms with Crippen molar-refractivity contribution in [3.8, 4) is 0 Å². The molecular formula is C22H24N4O4S2. The SMILES string of the molecule is C=CCn1c(SCc2nc(C(=O)N3CCOCC3)co2)nc2sc3c(c2c1=O)CCCC3. The lowest BCUT2D eigenvalue weighted by Crippen LogP contribution is -2.40. The highest BCUT2D eigenvalue weighted by Gasteiger charge is 2.24. The summed E-state index contributed by atoms with van der Waals surface area (Å²) in [5.41, 5.74) is 1.47. The number of fused-ring (bicyclic) bond motifs is 3. The predicted octanol–water partition coefficient (Wildman–Crippen LogP) is 3.28. The van der Waals surface area contributed by atoms with Crippen LogP contribution < -0.4 is 5.56 Å². The number of thioether (sulfide) groups is 1. The number of hydrogen-bond donors (Lipinski definition) is 0. The number of amides is 1. The van der Waals surface area contributed by atoms with E-state index in [4.69, 9.17) is 14.1 Å². The highest BCUT2D eigenvalue weighted by molar-refractivity contribution is 7.98. The van der Waals surface area contributed by atoms with Crippen LogP contribution in [0.4, 0.5) is 0 Å². The fourth-order valence-electron chi connectivity index (χ4n) is 4.15. The van der Waals surface area contributed by atoms with Crippen molar-refractivity contribution in [3.63, 3.8) is 0 Å². The second-order valence-electron chi connectivity index (χ2n) is 7.81. The fourth-order valence-corrected chi connectivity index (χ4v) is 6.31. The maximum atomic E-state index is 13.3. The van der Waals surface area contributed by atoms with Crippen molar-refractivity contribution in [1.29, 1.82) is 0 Å². The van der Waals surface area contributed by atoms with E-state index in [-0.39, 0.29) is 11.5 Å². The molecule has 168 valence electrons. The summed E-state index contributed by atoms with van der Waals surface area (Å²) in [5, 5.41) is 1.38. The first-order valence-corrected chi connectivity index (χ1v) is 12.6. The lowest BCUT2D eigenvalue weighted by molar-refractivity contribution is 0.0299. The van der Waals surface area contributed by atoms with Crippen molar-refractivity contribution in [2.75, 3.05) is 26.3 Å². The normalized spacial score (nSPS) is 16.3. The van der Waals surface area contributed by atoms with E-state index in [0.29, 0.717) is 55.3 Å². The third-order valence-electron chi connectivity index (χ3n) is 5.75. The van der Waals surface area contributed by atoms with Gasteiger partial charge in [-0.25, -0.2) is 9.97 Å². The Morgan fingerprint density at radius 2 is 2.06 bits per heavy atom. The summed E-state index contributed by atoms with van der Waals surface area (Å²) >= 11 is 3.02. The first-order valence-electron chi connectivity index (χ1n) is 10.8. The molecule has 5 rings (SSSR count). The Labute approximate surface area is 193 Å². The highest BCUT2D eigenvalue weighted by Crippen LogP contribution is 2.35. The van der Waals surface area contributed by atoms with Gasteiger partial charge in [-0.2, -0.15) is 0 Å². The number of nitrogens with zero attached hydrogens (tertiary/aromatic N) is 4. The summed E-state index contributed by atoms with van der Waals surface area (Å²) in [6.07, 6.45) is 7.36. The fraction of sp³-hybridized carbons (Fsp3) is 0.455. The van der Waals surface area contributed by atoms with Gasteiger partial charge in [-0.1, -0.05) is 17.8 Å². The minimum atomic E-state index is -0.152. The van der Waals surface area contributed by atoms with Gasteiger partial charge in [0.1, 0.15) is 11.1 Å². The zero-order valence-electron chi connectivity index (χ0n) is 17.7. The van der Waals surface area contributed by atoms with Crippen LogP contribution in [0.1, 0.15) is 39.7 Å². The molecule has 0 N–H and O–H groups in total. The summed E-state index contributed by atoms with van der Waals surface area (Å²) in [6.45, 7) is 6.37. The average Bonchev–Trinajstić information content (AvgIpc) is 3.44. The predicted molar refractivity (Wildman–Crippen MR) is 124 cm³/mol. The number of carbonyl (C=O) groups excluding carboxylic acids is 1. The van der Waals surface area contributed by atoms with Crippen LogP contribution in [-0.4, -0.2) is 51.6 Å². The van der Waals surface area contributed by atoms with Crippen molar-refractivity contribution in [2.45, 2.75) is 43.1 Å². The van der Waals surface area contributed by atoms with E-state index in [9.17, 15) is 9.59 Å².